The number of rotatable bonds is 5. The van der Waals surface area contributed by atoms with Crippen molar-refractivity contribution in [3.05, 3.63) is 82.4 Å². The van der Waals surface area contributed by atoms with Gasteiger partial charge < -0.3 is 10.6 Å². The maximum atomic E-state index is 14.3. The Kier molecular flexibility index (Phi) is 5.50. The van der Waals surface area contributed by atoms with Gasteiger partial charge in [-0.15, -0.1) is 0 Å². The fourth-order valence-electron chi connectivity index (χ4n) is 3.78. The molecule has 160 valence electrons. The maximum absolute atomic E-state index is 14.3. The molecule has 4 rings (SSSR count). The number of carbonyl (C=O) groups excluding carboxylic acids is 2. The van der Waals surface area contributed by atoms with Crippen LogP contribution in [0.4, 0.5) is 13.2 Å². The van der Waals surface area contributed by atoms with E-state index in [0.717, 1.165) is 24.2 Å². The van der Waals surface area contributed by atoms with Crippen molar-refractivity contribution < 1.29 is 22.8 Å². The molecular formula is C22H19F3N4O2. The number of nitrogens with zero attached hydrogens (tertiary/aromatic N) is 2. The highest BCUT2D eigenvalue weighted by atomic mass is 19.2. The van der Waals surface area contributed by atoms with E-state index in [1.165, 1.54) is 23.9 Å². The van der Waals surface area contributed by atoms with Crippen molar-refractivity contribution in [2.45, 2.75) is 25.3 Å². The zero-order chi connectivity index (χ0) is 22.1. The Hall–Kier alpha value is -3.62. The summed E-state index contributed by atoms with van der Waals surface area (Å²) >= 11 is 0. The van der Waals surface area contributed by atoms with E-state index in [9.17, 15) is 22.8 Å². The molecule has 6 nitrogen and oxygen atoms in total. The van der Waals surface area contributed by atoms with Gasteiger partial charge in [0.15, 0.2) is 17.3 Å². The van der Waals surface area contributed by atoms with E-state index in [0.29, 0.717) is 18.4 Å². The van der Waals surface area contributed by atoms with Gasteiger partial charge in [-0.3, -0.25) is 9.59 Å². The SMILES string of the molecule is CNC(=O)C(NC(=O)c1nn(-c2ccccc2F)c2c1CCC2)c1ccc(F)c(F)c1. The van der Waals surface area contributed by atoms with E-state index >= 15 is 0 Å². The van der Waals surface area contributed by atoms with Crippen molar-refractivity contribution >= 4 is 11.8 Å². The lowest BCUT2D eigenvalue weighted by atomic mass is 10.0. The summed E-state index contributed by atoms with van der Waals surface area (Å²) in [4.78, 5) is 25.4. The Balaban J connectivity index is 1.70. The molecule has 0 fully saturated rings. The first kappa shape index (κ1) is 20.6. The van der Waals surface area contributed by atoms with Crippen LogP contribution < -0.4 is 10.6 Å². The number of halogens is 3. The average Bonchev–Trinajstić information content (AvgIpc) is 3.37. The summed E-state index contributed by atoms with van der Waals surface area (Å²) in [5.41, 5.74) is 1.80. The number of likely N-dealkylation sites (N-methyl/N-ethyl adjacent to an activating group) is 1. The van der Waals surface area contributed by atoms with Crippen LogP contribution in [-0.2, 0) is 17.6 Å². The molecule has 1 aromatic heterocycles. The van der Waals surface area contributed by atoms with Gasteiger partial charge in [0.05, 0.1) is 0 Å². The average molecular weight is 428 g/mol. The molecule has 1 aliphatic rings. The van der Waals surface area contributed by atoms with E-state index in [1.807, 2.05) is 0 Å². The van der Waals surface area contributed by atoms with Crippen LogP contribution in [0.15, 0.2) is 42.5 Å². The number of carbonyl (C=O) groups is 2. The molecule has 2 amide bonds. The van der Waals surface area contributed by atoms with E-state index in [-0.39, 0.29) is 16.9 Å². The van der Waals surface area contributed by atoms with Gasteiger partial charge in [0.1, 0.15) is 17.5 Å². The van der Waals surface area contributed by atoms with Crippen LogP contribution in [0.2, 0.25) is 0 Å². The molecule has 2 N–H and O–H groups in total. The molecule has 0 saturated heterocycles. The lowest BCUT2D eigenvalue weighted by Crippen LogP contribution is -2.39. The van der Waals surface area contributed by atoms with Crippen LogP contribution in [-0.4, -0.2) is 28.6 Å². The second-order valence-electron chi connectivity index (χ2n) is 7.18. The zero-order valence-corrected chi connectivity index (χ0v) is 16.6. The van der Waals surface area contributed by atoms with Gasteiger partial charge in [-0.1, -0.05) is 18.2 Å². The van der Waals surface area contributed by atoms with Crippen LogP contribution in [0.3, 0.4) is 0 Å². The van der Waals surface area contributed by atoms with Crippen molar-refractivity contribution in [1.82, 2.24) is 20.4 Å². The van der Waals surface area contributed by atoms with Crippen molar-refractivity contribution in [3.8, 4) is 5.69 Å². The second kappa shape index (κ2) is 8.25. The normalized spacial score (nSPS) is 13.5. The van der Waals surface area contributed by atoms with Gasteiger partial charge in [0.25, 0.3) is 5.91 Å². The summed E-state index contributed by atoms with van der Waals surface area (Å²) in [6.07, 6.45) is 2.00. The van der Waals surface area contributed by atoms with Gasteiger partial charge >= 0.3 is 0 Å². The monoisotopic (exact) mass is 428 g/mol. The Bertz CT molecular complexity index is 1180. The molecule has 0 saturated carbocycles. The van der Waals surface area contributed by atoms with Gasteiger partial charge in [0, 0.05) is 18.3 Å². The lowest BCUT2D eigenvalue weighted by Gasteiger charge is -2.17. The van der Waals surface area contributed by atoms with Crippen LogP contribution in [0.5, 0.6) is 0 Å². The van der Waals surface area contributed by atoms with Gasteiger partial charge in [-0.2, -0.15) is 5.10 Å². The van der Waals surface area contributed by atoms with Crippen LogP contribution in [0.1, 0.15) is 39.8 Å². The molecular weight excluding hydrogens is 409 g/mol. The van der Waals surface area contributed by atoms with Crippen molar-refractivity contribution in [1.29, 1.82) is 0 Å². The molecule has 2 aromatic carbocycles. The summed E-state index contributed by atoms with van der Waals surface area (Å²) in [5.74, 6) is -3.94. The fraction of sp³-hybridized carbons (Fsp3) is 0.227. The minimum absolute atomic E-state index is 0.0761. The molecule has 0 aliphatic heterocycles. The first-order valence-corrected chi connectivity index (χ1v) is 9.73. The highest BCUT2D eigenvalue weighted by Gasteiger charge is 2.30. The van der Waals surface area contributed by atoms with Gasteiger partial charge in [0.2, 0.25) is 5.91 Å². The summed E-state index contributed by atoms with van der Waals surface area (Å²) in [5, 5.41) is 9.27. The quantitative estimate of drug-likeness (QED) is 0.656. The molecule has 0 spiro atoms. The molecule has 0 bridgehead atoms. The van der Waals surface area contributed by atoms with Gasteiger partial charge in [-0.05, 0) is 49.1 Å². The highest BCUT2D eigenvalue weighted by Crippen LogP contribution is 2.29. The molecule has 9 heteroatoms. The van der Waals surface area contributed by atoms with E-state index < -0.39 is 35.3 Å². The van der Waals surface area contributed by atoms with Crippen LogP contribution >= 0.6 is 0 Å². The predicted octanol–water partition coefficient (Wildman–Crippen LogP) is 3.00. The van der Waals surface area contributed by atoms with E-state index in [1.54, 1.807) is 18.2 Å². The Morgan fingerprint density at radius 2 is 1.81 bits per heavy atom. The first-order chi connectivity index (χ1) is 14.9. The van der Waals surface area contributed by atoms with Crippen LogP contribution in [0.25, 0.3) is 5.69 Å². The number of para-hydroxylation sites is 1. The number of amides is 2. The third kappa shape index (κ3) is 3.78. The third-order valence-electron chi connectivity index (χ3n) is 5.29. The van der Waals surface area contributed by atoms with Crippen molar-refractivity contribution in [2.24, 2.45) is 0 Å². The minimum atomic E-state index is -1.26. The summed E-state index contributed by atoms with van der Waals surface area (Å²) in [6, 6.07) is 7.82. The van der Waals surface area contributed by atoms with E-state index in [2.05, 4.69) is 15.7 Å². The zero-order valence-electron chi connectivity index (χ0n) is 16.6. The predicted molar refractivity (Wildman–Crippen MR) is 106 cm³/mol. The van der Waals surface area contributed by atoms with Crippen molar-refractivity contribution in [3.63, 3.8) is 0 Å². The Morgan fingerprint density at radius 1 is 1.03 bits per heavy atom. The highest BCUT2D eigenvalue weighted by molar-refractivity contribution is 5.98. The maximum Gasteiger partial charge on any atom is 0.272 e. The Labute approximate surface area is 176 Å². The van der Waals surface area contributed by atoms with Crippen LogP contribution in [0, 0.1) is 17.5 Å². The standard InChI is InChI=1S/C22H19F3N4O2/c1-26-21(30)19(12-9-10-14(23)16(25)11-12)27-22(31)20-13-5-4-8-17(13)29(28-20)18-7-3-2-6-15(18)24/h2-3,6-7,9-11,19H,4-5,8H2,1H3,(H,26,30)(H,27,31). The largest absolute Gasteiger partial charge is 0.357 e. The Morgan fingerprint density at radius 3 is 2.52 bits per heavy atom. The molecule has 0 radical (unpaired) electrons. The minimum Gasteiger partial charge on any atom is -0.357 e. The summed E-state index contributed by atoms with van der Waals surface area (Å²) < 4.78 is 42.8. The topological polar surface area (TPSA) is 76.0 Å². The molecule has 1 unspecified atom stereocenters. The second-order valence-corrected chi connectivity index (χ2v) is 7.18. The van der Waals surface area contributed by atoms with Crippen molar-refractivity contribution in [2.75, 3.05) is 7.05 Å². The smallest absolute Gasteiger partial charge is 0.272 e. The lowest BCUT2D eigenvalue weighted by molar-refractivity contribution is -0.122. The first-order valence-electron chi connectivity index (χ1n) is 9.73. The number of nitrogens with one attached hydrogen (secondary N) is 2. The number of hydrogen-bond donors (Lipinski definition) is 2. The number of fused-ring (bicyclic) bond motifs is 1. The molecule has 1 aliphatic carbocycles. The summed E-state index contributed by atoms with van der Waals surface area (Å²) in [7, 11) is 1.37. The molecule has 1 heterocycles. The molecule has 3 aromatic rings. The number of aromatic nitrogens is 2. The fourth-order valence-corrected chi connectivity index (χ4v) is 3.78. The third-order valence-corrected chi connectivity index (χ3v) is 5.29. The number of benzene rings is 2. The van der Waals surface area contributed by atoms with E-state index in [4.69, 9.17) is 0 Å². The number of hydrogen-bond acceptors (Lipinski definition) is 3. The summed E-state index contributed by atoms with van der Waals surface area (Å²) in [6.45, 7) is 0. The molecule has 31 heavy (non-hydrogen) atoms. The molecule has 1 atom stereocenters. The van der Waals surface area contributed by atoms with Gasteiger partial charge in [-0.25, -0.2) is 17.9 Å².